The Morgan fingerprint density at radius 2 is 1.70 bits per heavy atom. The predicted octanol–water partition coefficient (Wildman–Crippen LogP) is 5.04. The lowest BCUT2D eigenvalue weighted by Crippen LogP contribution is -2.37. The molecular weight excluding hydrogens is 438 g/mol. The fraction of sp³-hybridized carbons (Fsp3) is 0.316. The van der Waals surface area contributed by atoms with Gasteiger partial charge in [0.05, 0.1) is 10.7 Å². The van der Waals surface area contributed by atoms with E-state index < -0.39 is 35.3 Å². The van der Waals surface area contributed by atoms with Crippen molar-refractivity contribution in [1.29, 1.82) is 0 Å². The number of alkyl halides is 3. The second kappa shape index (κ2) is 8.73. The molecule has 0 aromatic heterocycles. The minimum atomic E-state index is -5.31. The largest absolute Gasteiger partial charge is 0.491 e. The number of anilines is 1. The van der Waals surface area contributed by atoms with Gasteiger partial charge in [-0.05, 0) is 31.6 Å². The summed E-state index contributed by atoms with van der Waals surface area (Å²) in [6.45, 7) is 1.47. The predicted molar refractivity (Wildman–Crippen MR) is 96.7 cm³/mol. The van der Waals surface area contributed by atoms with E-state index in [1.807, 2.05) is 4.90 Å². The molecule has 4 nitrogen and oxygen atoms in total. The topological polar surface area (TPSA) is 41.6 Å². The summed E-state index contributed by atoms with van der Waals surface area (Å²) < 4.78 is 83.4. The first-order valence-corrected chi connectivity index (χ1v) is 9.14. The molecule has 0 amide bonds. The molecule has 0 radical (unpaired) electrons. The number of benzene rings is 2. The van der Waals surface area contributed by atoms with Crippen molar-refractivity contribution < 1.29 is 35.9 Å². The molecule has 1 aliphatic rings. The van der Waals surface area contributed by atoms with E-state index in [0.29, 0.717) is 12.1 Å². The number of rotatable bonds is 6. The number of hydrogen-bond donors (Lipinski definition) is 1. The van der Waals surface area contributed by atoms with E-state index in [2.05, 4.69) is 10.1 Å². The highest BCUT2D eigenvalue weighted by Gasteiger charge is 2.41. The van der Waals surface area contributed by atoms with Crippen LogP contribution in [-0.2, 0) is 17.9 Å². The number of nitrogens with zero attached hydrogens (tertiary/aromatic N) is 1. The van der Waals surface area contributed by atoms with Crippen LogP contribution in [0, 0.1) is 17.5 Å². The molecular formula is C19H15ClF6N2O2. The summed E-state index contributed by atoms with van der Waals surface area (Å²) in [6.07, 6.45) is -4.34. The van der Waals surface area contributed by atoms with Crippen LogP contribution in [0.4, 0.5) is 32.0 Å². The summed E-state index contributed by atoms with van der Waals surface area (Å²) in [7, 11) is 0. The Labute approximate surface area is 172 Å². The van der Waals surface area contributed by atoms with Crippen LogP contribution in [0.5, 0.6) is 5.75 Å². The lowest BCUT2D eigenvalue weighted by molar-refractivity contribution is -0.189. The van der Waals surface area contributed by atoms with Crippen molar-refractivity contribution in [1.82, 2.24) is 4.90 Å². The molecule has 11 heteroatoms. The van der Waals surface area contributed by atoms with E-state index in [-0.39, 0.29) is 34.9 Å². The first-order chi connectivity index (χ1) is 14.1. The van der Waals surface area contributed by atoms with Gasteiger partial charge < -0.3 is 10.1 Å². The van der Waals surface area contributed by atoms with E-state index in [4.69, 9.17) is 11.6 Å². The maximum Gasteiger partial charge on any atom is 0.491 e. The van der Waals surface area contributed by atoms with Crippen molar-refractivity contribution in [2.24, 2.45) is 0 Å². The minimum absolute atomic E-state index is 0.0194. The summed E-state index contributed by atoms with van der Waals surface area (Å²) in [5, 5.41) is 2.36. The van der Waals surface area contributed by atoms with Gasteiger partial charge in [0.15, 0.2) is 11.6 Å². The van der Waals surface area contributed by atoms with Crippen molar-refractivity contribution in [3.05, 3.63) is 57.9 Å². The maximum atomic E-state index is 14.3. The smallest absolute Gasteiger partial charge is 0.417 e. The zero-order valence-corrected chi connectivity index (χ0v) is 16.0. The third kappa shape index (κ3) is 4.99. The lowest BCUT2D eigenvalue weighted by Gasteiger charge is -2.31. The molecule has 0 aliphatic carbocycles. The quantitative estimate of drug-likeness (QED) is 0.379. The van der Waals surface area contributed by atoms with Gasteiger partial charge in [0.25, 0.3) is 0 Å². The normalized spacial score (nSPS) is 14.4. The Kier molecular flexibility index (Phi) is 6.47. The highest BCUT2D eigenvalue weighted by molar-refractivity contribution is 6.33. The van der Waals surface area contributed by atoms with Gasteiger partial charge in [-0.15, -0.1) is 0 Å². The number of hydrogen-bond acceptors (Lipinski definition) is 4. The molecule has 3 rings (SSSR count). The summed E-state index contributed by atoms with van der Waals surface area (Å²) in [4.78, 5) is 12.8. The van der Waals surface area contributed by atoms with Crippen molar-refractivity contribution in [2.45, 2.75) is 25.7 Å². The summed E-state index contributed by atoms with van der Waals surface area (Å²) in [5.74, 6) is -6.17. The first-order valence-electron chi connectivity index (χ1n) is 8.76. The van der Waals surface area contributed by atoms with Gasteiger partial charge in [-0.3, -0.25) is 4.90 Å². The van der Waals surface area contributed by atoms with Gasteiger partial charge in [0, 0.05) is 36.3 Å². The number of likely N-dealkylation sites (tertiary alicyclic amines) is 1. The van der Waals surface area contributed by atoms with Crippen LogP contribution >= 0.6 is 11.6 Å². The molecule has 1 heterocycles. The third-order valence-electron chi connectivity index (χ3n) is 4.56. The van der Waals surface area contributed by atoms with E-state index in [1.54, 1.807) is 0 Å². The molecule has 162 valence electrons. The average Bonchev–Trinajstić information content (AvgIpc) is 2.62. The Morgan fingerprint density at radius 3 is 2.27 bits per heavy atom. The molecule has 0 atom stereocenters. The van der Waals surface area contributed by atoms with Crippen LogP contribution in [-0.4, -0.2) is 30.1 Å². The second-order valence-electron chi connectivity index (χ2n) is 6.62. The molecule has 30 heavy (non-hydrogen) atoms. The summed E-state index contributed by atoms with van der Waals surface area (Å²) in [5.41, 5.74) is 0.0695. The Bertz CT molecular complexity index is 963. The van der Waals surface area contributed by atoms with Gasteiger partial charge in [-0.1, -0.05) is 11.6 Å². The van der Waals surface area contributed by atoms with E-state index in [9.17, 15) is 31.1 Å². The molecule has 0 unspecified atom stereocenters. The molecule has 2 aromatic carbocycles. The lowest BCUT2D eigenvalue weighted by atomic mass is 10.0. The molecule has 1 fully saturated rings. The fourth-order valence-electron chi connectivity index (χ4n) is 2.84. The molecule has 2 aromatic rings. The van der Waals surface area contributed by atoms with Crippen molar-refractivity contribution in [3.63, 3.8) is 0 Å². The van der Waals surface area contributed by atoms with Crippen molar-refractivity contribution >= 4 is 23.3 Å². The molecule has 0 saturated carbocycles. The first kappa shape index (κ1) is 22.2. The van der Waals surface area contributed by atoms with Crippen LogP contribution in [0.15, 0.2) is 24.3 Å². The zero-order valence-electron chi connectivity index (χ0n) is 15.3. The number of halogens is 7. The fourth-order valence-corrected chi connectivity index (χ4v) is 3.07. The highest BCUT2D eigenvalue weighted by atomic mass is 35.5. The molecule has 0 spiro atoms. The Morgan fingerprint density at radius 1 is 1.07 bits per heavy atom. The van der Waals surface area contributed by atoms with Gasteiger partial charge in [0.1, 0.15) is 11.6 Å². The van der Waals surface area contributed by atoms with Gasteiger partial charge in [0.2, 0.25) is 0 Å². The van der Waals surface area contributed by atoms with Crippen molar-refractivity contribution in [2.75, 3.05) is 18.4 Å². The van der Waals surface area contributed by atoms with Gasteiger partial charge >= 0.3 is 12.1 Å². The SMILES string of the molecule is O=C(Oc1cc(Cl)c(NCc2c(F)ccc(F)c2CN2CCC2)cc1F)C(F)(F)F. The van der Waals surface area contributed by atoms with E-state index in [0.717, 1.165) is 31.6 Å². The van der Waals surface area contributed by atoms with Crippen LogP contribution in [0.1, 0.15) is 17.5 Å². The van der Waals surface area contributed by atoms with Crippen LogP contribution in [0.25, 0.3) is 0 Å². The standard InChI is InChI=1S/C19H15ClF6N2O2/c20-12-6-17(30-18(29)19(24,25)26)15(23)7-16(12)27-8-10-11(9-28-4-1-5-28)14(22)3-2-13(10)21/h2-3,6-7,27H,1,4-5,8-9H2. The number of carbonyl (C=O) groups excluding carboxylic acids is 1. The number of ether oxygens (including phenoxy) is 1. The third-order valence-corrected chi connectivity index (χ3v) is 4.87. The van der Waals surface area contributed by atoms with Crippen LogP contribution in [0.2, 0.25) is 5.02 Å². The zero-order chi connectivity index (χ0) is 22.1. The van der Waals surface area contributed by atoms with Crippen LogP contribution < -0.4 is 10.1 Å². The maximum absolute atomic E-state index is 14.3. The molecule has 0 bridgehead atoms. The number of esters is 1. The van der Waals surface area contributed by atoms with E-state index >= 15 is 0 Å². The Hall–Kier alpha value is -2.46. The minimum Gasteiger partial charge on any atom is -0.417 e. The monoisotopic (exact) mass is 452 g/mol. The highest BCUT2D eigenvalue weighted by Crippen LogP contribution is 2.32. The summed E-state index contributed by atoms with van der Waals surface area (Å²) in [6, 6.07) is 3.37. The Balaban J connectivity index is 1.78. The average molecular weight is 453 g/mol. The van der Waals surface area contributed by atoms with Crippen molar-refractivity contribution in [3.8, 4) is 5.75 Å². The molecule has 1 N–H and O–H groups in total. The number of nitrogens with one attached hydrogen (secondary N) is 1. The van der Waals surface area contributed by atoms with E-state index in [1.165, 1.54) is 0 Å². The van der Waals surface area contributed by atoms with Gasteiger partial charge in [-0.2, -0.15) is 13.2 Å². The summed E-state index contributed by atoms with van der Waals surface area (Å²) >= 11 is 5.91. The van der Waals surface area contributed by atoms with Gasteiger partial charge in [-0.25, -0.2) is 18.0 Å². The number of carbonyl (C=O) groups is 1. The second-order valence-corrected chi connectivity index (χ2v) is 7.03. The van der Waals surface area contributed by atoms with Crippen LogP contribution in [0.3, 0.4) is 0 Å². The molecule has 1 saturated heterocycles. The molecule has 1 aliphatic heterocycles.